The molecule has 3 heterocycles. The predicted octanol–water partition coefficient (Wildman–Crippen LogP) is 4.01. The molecule has 0 bridgehead atoms. The fourth-order valence-electron chi connectivity index (χ4n) is 2.06. The number of hydrazone groups is 1. The zero-order chi connectivity index (χ0) is 16.1. The summed E-state index contributed by atoms with van der Waals surface area (Å²) in [5.74, 6) is 0. The minimum absolute atomic E-state index is 0.778. The van der Waals surface area contributed by atoms with Gasteiger partial charge in [-0.1, -0.05) is 12.1 Å². The summed E-state index contributed by atoms with van der Waals surface area (Å²) in [6.45, 7) is 3.88. The van der Waals surface area contributed by atoms with E-state index < -0.39 is 0 Å². The molecule has 23 heavy (non-hydrogen) atoms. The van der Waals surface area contributed by atoms with E-state index in [1.54, 1.807) is 12.4 Å². The van der Waals surface area contributed by atoms with Crippen molar-refractivity contribution in [3.05, 3.63) is 60.9 Å². The van der Waals surface area contributed by atoms with E-state index in [-0.39, 0.29) is 0 Å². The number of hydrogen-bond donors (Lipinski definition) is 1. The summed E-state index contributed by atoms with van der Waals surface area (Å²) in [7, 11) is 0. The van der Waals surface area contributed by atoms with Gasteiger partial charge in [0.05, 0.1) is 28.5 Å². The number of anilines is 1. The van der Waals surface area contributed by atoms with Crippen molar-refractivity contribution in [3.8, 4) is 22.8 Å². The highest BCUT2D eigenvalue weighted by Crippen LogP contribution is 2.25. The molecule has 3 rings (SSSR count). The number of rotatable bonds is 4. The molecule has 5 nitrogen and oxygen atoms in total. The first kappa shape index (κ1) is 14.8. The second-order valence-electron chi connectivity index (χ2n) is 5.23. The highest BCUT2D eigenvalue weighted by atomic mass is 15.3. The molecule has 0 amide bonds. The van der Waals surface area contributed by atoms with Crippen LogP contribution < -0.4 is 5.43 Å². The summed E-state index contributed by atoms with van der Waals surface area (Å²) in [4.78, 5) is 13.4. The van der Waals surface area contributed by atoms with Crippen molar-refractivity contribution in [3.63, 3.8) is 0 Å². The van der Waals surface area contributed by atoms with E-state index in [9.17, 15) is 0 Å². The summed E-state index contributed by atoms with van der Waals surface area (Å²) < 4.78 is 0. The molecule has 0 atom stereocenters. The van der Waals surface area contributed by atoms with Crippen LogP contribution in [0, 0.1) is 0 Å². The van der Waals surface area contributed by atoms with Gasteiger partial charge in [0.25, 0.3) is 0 Å². The van der Waals surface area contributed by atoms with Gasteiger partial charge < -0.3 is 0 Å². The summed E-state index contributed by atoms with van der Waals surface area (Å²) in [5.41, 5.74) is 8.03. The number of hydrogen-bond acceptors (Lipinski definition) is 5. The van der Waals surface area contributed by atoms with Crippen molar-refractivity contribution in [2.24, 2.45) is 5.10 Å². The Hall–Kier alpha value is -3.08. The van der Waals surface area contributed by atoms with Gasteiger partial charge in [0, 0.05) is 18.1 Å². The minimum Gasteiger partial charge on any atom is -0.278 e. The Kier molecular flexibility index (Phi) is 4.38. The standard InChI is InChI=1S/C18H17N5/c1-13(2)22-23-14-11-17(15-7-3-5-9-19-15)21-18(12-14)16-8-4-6-10-20-16/h3-12H,1-2H3,(H,21,23). The minimum atomic E-state index is 0.778. The smallest absolute Gasteiger partial charge is 0.0915 e. The molecule has 0 aliphatic carbocycles. The van der Waals surface area contributed by atoms with E-state index in [4.69, 9.17) is 0 Å². The summed E-state index contributed by atoms with van der Waals surface area (Å²) in [6.07, 6.45) is 3.51. The Balaban J connectivity index is 2.09. The monoisotopic (exact) mass is 303 g/mol. The lowest BCUT2D eigenvalue weighted by Gasteiger charge is -2.08. The third-order valence-electron chi connectivity index (χ3n) is 3.09. The summed E-state index contributed by atoms with van der Waals surface area (Å²) in [6, 6.07) is 15.4. The average molecular weight is 303 g/mol. The lowest BCUT2D eigenvalue weighted by molar-refractivity contribution is 1.21. The van der Waals surface area contributed by atoms with E-state index in [0.717, 1.165) is 34.2 Å². The SMILES string of the molecule is CC(C)=NNc1cc(-c2ccccn2)nc(-c2ccccn2)c1. The highest BCUT2D eigenvalue weighted by molar-refractivity contribution is 5.80. The molecule has 0 spiro atoms. The van der Waals surface area contributed by atoms with Crippen LogP contribution in [0.5, 0.6) is 0 Å². The molecule has 0 unspecified atom stereocenters. The fraction of sp³-hybridized carbons (Fsp3) is 0.111. The van der Waals surface area contributed by atoms with E-state index in [2.05, 4.69) is 25.5 Å². The zero-order valence-electron chi connectivity index (χ0n) is 13.1. The van der Waals surface area contributed by atoms with Crippen molar-refractivity contribution in [1.82, 2.24) is 15.0 Å². The Morgan fingerprint density at radius 1 is 0.826 bits per heavy atom. The molecule has 114 valence electrons. The first-order chi connectivity index (χ1) is 11.2. The molecule has 0 saturated heterocycles. The predicted molar refractivity (Wildman–Crippen MR) is 93.1 cm³/mol. The van der Waals surface area contributed by atoms with Crippen LogP contribution in [-0.2, 0) is 0 Å². The Bertz CT molecular complexity index is 752. The zero-order valence-corrected chi connectivity index (χ0v) is 13.1. The van der Waals surface area contributed by atoms with Crippen molar-refractivity contribution in [2.75, 3.05) is 5.43 Å². The molecule has 0 aromatic carbocycles. The molecule has 0 aliphatic heterocycles. The van der Waals surface area contributed by atoms with Gasteiger partial charge in [0.1, 0.15) is 0 Å². The molecule has 3 aromatic heterocycles. The normalized spacial score (nSPS) is 10.2. The maximum atomic E-state index is 4.69. The Labute approximate surface area is 135 Å². The molecular formula is C18H17N5. The Morgan fingerprint density at radius 2 is 1.39 bits per heavy atom. The lowest BCUT2D eigenvalue weighted by Crippen LogP contribution is -1.97. The number of nitrogens with one attached hydrogen (secondary N) is 1. The molecule has 3 aromatic rings. The quantitative estimate of drug-likeness (QED) is 0.584. The Morgan fingerprint density at radius 3 is 1.83 bits per heavy atom. The van der Waals surface area contributed by atoms with Gasteiger partial charge in [-0.2, -0.15) is 5.10 Å². The van der Waals surface area contributed by atoms with Crippen LogP contribution in [-0.4, -0.2) is 20.7 Å². The molecule has 0 saturated carbocycles. The van der Waals surface area contributed by atoms with Gasteiger partial charge in [-0.3, -0.25) is 15.4 Å². The topological polar surface area (TPSA) is 63.1 Å². The van der Waals surface area contributed by atoms with Gasteiger partial charge in [-0.05, 0) is 50.2 Å². The molecule has 1 N–H and O–H groups in total. The number of nitrogens with zero attached hydrogens (tertiary/aromatic N) is 4. The molecule has 0 radical (unpaired) electrons. The largest absolute Gasteiger partial charge is 0.278 e. The average Bonchev–Trinajstić information content (AvgIpc) is 2.61. The van der Waals surface area contributed by atoms with Gasteiger partial charge in [0.2, 0.25) is 0 Å². The number of aromatic nitrogens is 3. The van der Waals surface area contributed by atoms with Crippen LogP contribution in [0.2, 0.25) is 0 Å². The van der Waals surface area contributed by atoms with Crippen LogP contribution >= 0.6 is 0 Å². The van der Waals surface area contributed by atoms with E-state index in [1.165, 1.54) is 0 Å². The van der Waals surface area contributed by atoms with Crippen molar-refractivity contribution < 1.29 is 0 Å². The molecule has 0 fully saturated rings. The van der Waals surface area contributed by atoms with Crippen molar-refractivity contribution in [2.45, 2.75) is 13.8 Å². The first-order valence-corrected chi connectivity index (χ1v) is 7.34. The van der Waals surface area contributed by atoms with E-state index >= 15 is 0 Å². The van der Waals surface area contributed by atoms with Crippen LogP contribution in [0.15, 0.2) is 66.0 Å². The second kappa shape index (κ2) is 6.79. The van der Waals surface area contributed by atoms with Gasteiger partial charge in [-0.25, -0.2) is 4.98 Å². The lowest BCUT2D eigenvalue weighted by atomic mass is 10.1. The van der Waals surface area contributed by atoms with Crippen LogP contribution in [0.1, 0.15) is 13.8 Å². The maximum absolute atomic E-state index is 4.69. The second-order valence-corrected chi connectivity index (χ2v) is 5.23. The van der Waals surface area contributed by atoms with Gasteiger partial charge in [0.15, 0.2) is 0 Å². The van der Waals surface area contributed by atoms with Crippen LogP contribution in [0.25, 0.3) is 22.8 Å². The van der Waals surface area contributed by atoms with E-state index in [1.807, 2.05) is 62.4 Å². The van der Waals surface area contributed by atoms with E-state index in [0.29, 0.717) is 0 Å². The fourth-order valence-corrected chi connectivity index (χ4v) is 2.06. The van der Waals surface area contributed by atoms with Crippen LogP contribution in [0.4, 0.5) is 5.69 Å². The van der Waals surface area contributed by atoms with Gasteiger partial charge in [-0.15, -0.1) is 0 Å². The summed E-state index contributed by atoms with van der Waals surface area (Å²) >= 11 is 0. The third kappa shape index (κ3) is 3.77. The first-order valence-electron chi connectivity index (χ1n) is 7.34. The number of pyridine rings is 3. The molecule has 5 heteroatoms. The van der Waals surface area contributed by atoms with Crippen molar-refractivity contribution >= 4 is 11.4 Å². The maximum Gasteiger partial charge on any atom is 0.0915 e. The molecule has 0 aliphatic rings. The van der Waals surface area contributed by atoms with Gasteiger partial charge >= 0.3 is 0 Å². The third-order valence-corrected chi connectivity index (χ3v) is 3.09. The van der Waals surface area contributed by atoms with Crippen molar-refractivity contribution in [1.29, 1.82) is 0 Å². The highest BCUT2D eigenvalue weighted by Gasteiger charge is 2.08. The summed E-state index contributed by atoms with van der Waals surface area (Å²) in [5, 5.41) is 4.26. The molecular weight excluding hydrogens is 286 g/mol. The van der Waals surface area contributed by atoms with Crippen LogP contribution in [0.3, 0.4) is 0 Å².